The quantitative estimate of drug-likeness (QED) is 0.446. The van der Waals surface area contributed by atoms with Crippen molar-refractivity contribution in [2.24, 2.45) is 5.92 Å². The molecule has 0 fully saturated rings. The Labute approximate surface area is 72.0 Å². The molecular formula is C9H13NO2. The van der Waals surface area contributed by atoms with E-state index in [1.54, 1.807) is 18.7 Å². The van der Waals surface area contributed by atoms with Crippen LogP contribution in [0.15, 0.2) is 12.2 Å². The van der Waals surface area contributed by atoms with Crippen molar-refractivity contribution in [2.75, 3.05) is 13.1 Å². The molecule has 0 saturated heterocycles. The topological polar surface area (TPSA) is 37.4 Å². The van der Waals surface area contributed by atoms with Crippen LogP contribution in [0.25, 0.3) is 0 Å². The molecule has 0 radical (unpaired) electrons. The van der Waals surface area contributed by atoms with E-state index in [1.165, 1.54) is 0 Å². The Bertz CT molecular complexity index is 223. The number of nitrogens with zero attached hydrogens (tertiary/aromatic N) is 1. The number of ketones is 1. The van der Waals surface area contributed by atoms with E-state index < -0.39 is 0 Å². The molecule has 0 aromatic rings. The smallest absolute Gasteiger partial charge is 0.290 e. The third kappa shape index (κ3) is 1.72. The molecule has 1 aliphatic heterocycles. The predicted molar refractivity (Wildman–Crippen MR) is 45.6 cm³/mol. The number of Topliss-reactive ketones (excluding diaryl/α,β-unsaturated/α-hetero) is 1. The van der Waals surface area contributed by atoms with E-state index in [9.17, 15) is 9.59 Å². The lowest BCUT2D eigenvalue weighted by molar-refractivity contribution is -0.145. The second kappa shape index (κ2) is 3.52. The van der Waals surface area contributed by atoms with Crippen LogP contribution in [0, 0.1) is 5.92 Å². The minimum absolute atomic E-state index is 0.196. The van der Waals surface area contributed by atoms with Gasteiger partial charge in [-0.2, -0.15) is 0 Å². The molecule has 0 atom stereocenters. The predicted octanol–water partition coefficient (Wildman–Crippen LogP) is 0.610. The van der Waals surface area contributed by atoms with Gasteiger partial charge >= 0.3 is 0 Å². The summed E-state index contributed by atoms with van der Waals surface area (Å²) in [4.78, 5) is 24.1. The van der Waals surface area contributed by atoms with Crippen LogP contribution in [0.3, 0.4) is 0 Å². The second-order valence-corrected chi connectivity index (χ2v) is 3.20. The van der Waals surface area contributed by atoms with Gasteiger partial charge in [0.25, 0.3) is 5.91 Å². The van der Waals surface area contributed by atoms with Crippen LogP contribution in [0.2, 0.25) is 0 Å². The lowest BCUT2D eigenvalue weighted by Crippen LogP contribution is -2.36. The van der Waals surface area contributed by atoms with E-state index in [2.05, 4.69) is 0 Å². The Morgan fingerprint density at radius 2 is 1.75 bits per heavy atom. The first kappa shape index (κ1) is 8.97. The molecule has 0 spiro atoms. The fraction of sp³-hybridized carbons (Fsp3) is 0.556. The Hall–Kier alpha value is -1.12. The average molecular weight is 167 g/mol. The number of rotatable bonds is 2. The average Bonchev–Trinajstić information content (AvgIpc) is 2.53. The Morgan fingerprint density at radius 1 is 1.25 bits per heavy atom. The second-order valence-electron chi connectivity index (χ2n) is 3.20. The van der Waals surface area contributed by atoms with Crippen molar-refractivity contribution in [2.45, 2.75) is 13.8 Å². The fourth-order valence-electron chi connectivity index (χ4n) is 1.05. The highest BCUT2D eigenvalue weighted by atomic mass is 16.2. The minimum Gasteiger partial charge on any atom is -0.329 e. The molecule has 3 heteroatoms. The van der Waals surface area contributed by atoms with Crippen LogP contribution in [0.1, 0.15) is 13.8 Å². The highest BCUT2D eigenvalue weighted by molar-refractivity contribution is 6.36. The molecule has 0 bridgehead atoms. The lowest BCUT2D eigenvalue weighted by Gasteiger charge is -2.14. The summed E-state index contributed by atoms with van der Waals surface area (Å²) in [5.41, 5.74) is 0. The van der Waals surface area contributed by atoms with Gasteiger partial charge in [-0.1, -0.05) is 26.0 Å². The van der Waals surface area contributed by atoms with Crippen molar-refractivity contribution in [1.82, 2.24) is 4.90 Å². The van der Waals surface area contributed by atoms with Crippen LogP contribution in [0.4, 0.5) is 0 Å². The summed E-state index contributed by atoms with van der Waals surface area (Å²) in [5.74, 6) is -0.841. The van der Waals surface area contributed by atoms with Gasteiger partial charge in [-0.05, 0) is 0 Å². The van der Waals surface area contributed by atoms with Crippen molar-refractivity contribution in [1.29, 1.82) is 0 Å². The summed E-state index contributed by atoms with van der Waals surface area (Å²) in [6.45, 7) is 4.64. The molecule has 66 valence electrons. The third-order valence-corrected chi connectivity index (χ3v) is 1.84. The van der Waals surface area contributed by atoms with Gasteiger partial charge in [0, 0.05) is 19.0 Å². The molecule has 0 saturated carbocycles. The van der Waals surface area contributed by atoms with E-state index in [0.29, 0.717) is 13.1 Å². The molecule has 1 rings (SSSR count). The number of carbonyl (C=O) groups excluding carboxylic acids is 2. The molecule has 0 N–H and O–H groups in total. The van der Waals surface area contributed by atoms with Gasteiger partial charge in [0.2, 0.25) is 5.78 Å². The minimum atomic E-state index is -0.352. The van der Waals surface area contributed by atoms with Crippen molar-refractivity contribution in [3.8, 4) is 0 Å². The molecular weight excluding hydrogens is 154 g/mol. The van der Waals surface area contributed by atoms with Crippen molar-refractivity contribution in [3.63, 3.8) is 0 Å². The van der Waals surface area contributed by atoms with Gasteiger partial charge in [0.15, 0.2) is 0 Å². The van der Waals surface area contributed by atoms with Crippen molar-refractivity contribution in [3.05, 3.63) is 12.2 Å². The lowest BCUT2D eigenvalue weighted by atomic mass is 10.1. The van der Waals surface area contributed by atoms with Crippen molar-refractivity contribution >= 4 is 11.7 Å². The Balaban J connectivity index is 2.53. The molecule has 1 amide bonds. The highest BCUT2D eigenvalue weighted by Crippen LogP contribution is 2.04. The summed E-state index contributed by atoms with van der Waals surface area (Å²) < 4.78 is 0. The maximum Gasteiger partial charge on any atom is 0.290 e. The van der Waals surface area contributed by atoms with Gasteiger partial charge in [-0.3, -0.25) is 9.59 Å². The van der Waals surface area contributed by atoms with Crippen LogP contribution < -0.4 is 0 Å². The fourth-order valence-corrected chi connectivity index (χ4v) is 1.05. The molecule has 0 aromatic heterocycles. The van der Waals surface area contributed by atoms with Gasteiger partial charge in [0.1, 0.15) is 0 Å². The Morgan fingerprint density at radius 3 is 2.17 bits per heavy atom. The number of amides is 1. The first-order valence-corrected chi connectivity index (χ1v) is 4.11. The zero-order valence-electron chi connectivity index (χ0n) is 7.41. The molecule has 1 aliphatic rings. The van der Waals surface area contributed by atoms with Crippen LogP contribution >= 0.6 is 0 Å². The van der Waals surface area contributed by atoms with Crippen LogP contribution in [0.5, 0.6) is 0 Å². The van der Waals surface area contributed by atoms with E-state index in [-0.39, 0.29) is 17.6 Å². The highest BCUT2D eigenvalue weighted by Gasteiger charge is 2.23. The van der Waals surface area contributed by atoms with Crippen molar-refractivity contribution < 1.29 is 9.59 Å². The first-order chi connectivity index (χ1) is 5.63. The normalized spacial score (nSPS) is 15.8. The van der Waals surface area contributed by atoms with Crippen LogP contribution in [-0.2, 0) is 9.59 Å². The van der Waals surface area contributed by atoms with E-state index >= 15 is 0 Å². The van der Waals surface area contributed by atoms with Gasteiger partial charge in [-0.15, -0.1) is 0 Å². The van der Waals surface area contributed by atoms with Gasteiger partial charge in [-0.25, -0.2) is 0 Å². The number of hydrogen-bond acceptors (Lipinski definition) is 2. The SMILES string of the molecule is CC(C)C(=O)C(=O)N1CC=CC1. The van der Waals surface area contributed by atoms with E-state index in [4.69, 9.17) is 0 Å². The summed E-state index contributed by atoms with van der Waals surface area (Å²) in [7, 11) is 0. The monoisotopic (exact) mass is 167 g/mol. The molecule has 12 heavy (non-hydrogen) atoms. The van der Waals surface area contributed by atoms with Gasteiger partial charge in [0.05, 0.1) is 0 Å². The number of hydrogen-bond donors (Lipinski definition) is 0. The molecule has 0 aliphatic carbocycles. The summed E-state index contributed by atoms with van der Waals surface area (Å²) in [5, 5.41) is 0. The van der Waals surface area contributed by atoms with E-state index in [1.807, 2.05) is 12.2 Å². The number of carbonyl (C=O) groups is 2. The summed E-state index contributed by atoms with van der Waals surface area (Å²) >= 11 is 0. The van der Waals surface area contributed by atoms with E-state index in [0.717, 1.165) is 0 Å². The summed E-state index contributed by atoms with van der Waals surface area (Å²) in [6, 6.07) is 0. The standard InChI is InChI=1S/C9H13NO2/c1-7(2)8(11)9(12)10-5-3-4-6-10/h3-4,7H,5-6H2,1-2H3. The summed E-state index contributed by atoms with van der Waals surface area (Å²) in [6.07, 6.45) is 3.79. The first-order valence-electron chi connectivity index (χ1n) is 4.11. The molecule has 0 unspecified atom stereocenters. The maximum absolute atomic E-state index is 11.3. The molecule has 0 aromatic carbocycles. The van der Waals surface area contributed by atoms with Crippen LogP contribution in [-0.4, -0.2) is 29.7 Å². The third-order valence-electron chi connectivity index (χ3n) is 1.84. The molecule has 1 heterocycles. The zero-order valence-corrected chi connectivity index (χ0v) is 7.41. The zero-order chi connectivity index (χ0) is 9.14. The van der Waals surface area contributed by atoms with Gasteiger partial charge < -0.3 is 4.90 Å². The Kier molecular flexibility index (Phi) is 2.63. The largest absolute Gasteiger partial charge is 0.329 e. The molecule has 3 nitrogen and oxygen atoms in total. The maximum atomic E-state index is 11.3.